The van der Waals surface area contributed by atoms with Gasteiger partial charge < -0.3 is 19.9 Å². The Bertz CT molecular complexity index is 1080. The van der Waals surface area contributed by atoms with Crippen molar-refractivity contribution in [3.63, 3.8) is 0 Å². The fourth-order valence-electron chi connectivity index (χ4n) is 3.36. The Hall–Kier alpha value is -3.11. The first-order chi connectivity index (χ1) is 15.3. The number of benzene rings is 2. The molecule has 0 radical (unpaired) electrons. The summed E-state index contributed by atoms with van der Waals surface area (Å²) in [5.41, 5.74) is 1.03. The summed E-state index contributed by atoms with van der Waals surface area (Å²) >= 11 is 0. The van der Waals surface area contributed by atoms with Crippen LogP contribution in [0.4, 0.5) is 5.69 Å². The summed E-state index contributed by atoms with van der Waals surface area (Å²) in [7, 11) is -2.15. The molecule has 1 heterocycles. The van der Waals surface area contributed by atoms with Gasteiger partial charge in [0.1, 0.15) is 0 Å². The van der Waals surface area contributed by atoms with Gasteiger partial charge in [0.15, 0.2) is 18.1 Å². The van der Waals surface area contributed by atoms with Crippen LogP contribution < -0.4 is 10.1 Å². The van der Waals surface area contributed by atoms with Crippen LogP contribution in [-0.2, 0) is 30.8 Å². The van der Waals surface area contributed by atoms with Crippen LogP contribution in [0.2, 0.25) is 0 Å². The lowest BCUT2D eigenvalue weighted by Crippen LogP contribution is -2.28. The normalized spacial score (nSPS) is 14.2. The number of carbonyl (C=O) groups is 2. The molecule has 1 amide bonds. The summed E-state index contributed by atoms with van der Waals surface area (Å²) in [6.07, 6.45) is 2.03. The van der Waals surface area contributed by atoms with E-state index in [2.05, 4.69) is 5.32 Å². The Morgan fingerprint density at radius 2 is 1.88 bits per heavy atom. The first-order valence-corrected chi connectivity index (χ1v) is 11.6. The van der Waals surface area contributed by atoms with E-state index in [0.29, 0.717) is 30.9 Å². The topological polar surface area (TPSA) is 122 Å². The van der Waals surface area contributed by atoms with Gasteiger partial charge in [-0.05, 0) is 55.2 Å². The van der Waals surface area contributed by atoms with Crippen LogP contribution in [0, 0.1) is 0 Å². The van der Waals surface area contributed by atoms with Crippen molar-refractivity contribution in [2.24, 2.45) is 0 Å². The molecule has 0 atom stereocenters. The van der Waals surface area contributed by atoms with Gasteiger partial charge in [-0.25, -0.2) is 8.42 Å². The average Bonchev–Trinajstić information content (AvgIpc) is 3.32. The van der Waals surface area contributed by atoms with E-state index in [4.69, 9.17) is 9.47 Å². The molecule has 0 bridgehead atoms. The molecule has 1 fully saturated rings. The third-order valence-electron chi connectivity index (χ3n) is 5.05. The molecule has 0 aromatic heterocycles. The molecule has 32 heavy (non-hydrogen) atoms. The number of aromatic hydroxyl groups is 1. The van der Waals surface area contributed by atoms with Crippen LogP contribution in [0.3, 0.4) is 0 Å². The molecule has 10 heteroatoms. The fourth-order valence-corrected chi connectivity index (χ4v) is 4.93. The van der Waals surface area contributed by atoms with E-state index >= 15 is 0 Å². The number of carbonyl (C=O) groups excluding carboxylic acids is 2. The van der Waals surface area contributed by atoms with Crippen LogP contribution in [-0.4, -0.2) is 56.5 Å². The van der Waals surface area contributed by atoms with Crippen LogP contribution in [0.25, 0.3) is 0 Å². The predicted octanol–water partition coefficient (Wildman–Crippen LogP) is 2.30. The molecular formula is C22H26N2O7S. The standard InChI is InChI=1S/C22H26N2O7S/c1-30-20-9-7-16(13-19(20)25)8-10-22(27)31-15-21(26)23-17-5-4-6-18(14-17)32(28,29)24-11-2-3-12-24/h4-7,9,13-14,25H,2-3,8,10-12,15H2,1H3,(H,23,26). The molecule has 1 saturated heterocycles. The molecule has 1 aliphatic rings. The van der Waals surface area contributed by atoms with Crippen LogP contribution in [0.15, 0.2) is 47.4 Å². The highest BCUT2D eigenvalue weighted by atomic mass is 32.2. The van der Waals surface area contributed by atoms with Crippen molar-refractivity contribution in [2.75, 3.05) is 32.1 Å². The number of ether oxygens (including phenoxy) is 2. The van der Waals surface area contributed by atoms with E-state index in [-0.39, 0.29) is 17.1 Å². The number of methoxy groups -OCH3 is 1. The lowest BCUT2D eigenvalue weighted by molar-refractivity contribution is -0.147. The molecule has 0 spiro atoms. The largest absolute Gasteiger partial charge is 0.504 e. The van der Waals surface area contributed by atoms with Crippen LogP contribution in [0.1, 0.15) is 24.8 Å². The van der Waals surface area contributed by atoms with Gasteiger partial charge in [0.05, 0.1) is 12.0 Å². The Balaban J connectivity index is 1.48. The minimum Gasteiger partial charge on any atom is -0.504 e. The highest BCUT2D eigenvalue weighted by molar-refractivity contribution is 7.89. The maximum Gasteiger partial charge on any atom is 0.306 e. The Labute approximate surface area is 187 Å². The van der Waals surface area contributed by atoms with E-state index in [1.165, 1.54) is 29.6 Å². The number of sulfonamides is 1. The predicted molar refractivity (Wildman–Crippen MR) is 117 cm³/mol. The zero-order valence-corrected chi connectivity index (χ0v) is 18.6. The third kappa shape index (κ3) is 5.98. The number of aryl methyl sites for hydroxylation is 1. The van der Waals surface area contributed by atoms with E-state index in [1.54, 1.807) is 24.3 Å². The second kappa shape index (κ2) is 10.5. The SMILES string of the molecule is COc1ccc(CCC(=O)OCC(=O)Nc2cccc(S(=O)(=O)N3CCCC3)c2)cc1O. The summed E-state index contributed by atoms with van der Waals surface area (Å²) in [5.74, 6) is -0.825. The van der Waals surface area contributed by atoms with Crippen molar-refractivity contribution in [1.82, 2.24) is 4.31 Å². The number of phenols is 1. The summed E-state index contributed by atoms with van der Waals surface area (Å²) in [4.78, 5) is 24.2. The molecule has 1 aliphatic heterocycles. The molecule has 2 aromatic carbocycles. The molecule has 172 valence electrons. The number of esters is 1. The molecule has 0 unspecified atom stereocenters. The maximum atomic E-state index is 12.7. The highest BCUT2D eigenvalue weighted by Crippen LogP contribution is 2.27. The van der Waals surface area contributed by atoms with Crippen molar-refractivity contribution in [1.29, 1.82) is 0 Å². The summed E-state index contributed by atoms with van der Waals surface area (Å²) in [6.45, 7) is 0.492. The third-order valence-corrected chi connectivity index (χ3v) is 6.94. The van der Waals surface area contributed by atoms with Crippen molar-refractivity contribution in [3.05, 3.63) is 48.0 Å². The smallest absolute Gasteiger partial charge is 0.306 e. The number of nitrogens with zero attached hydrogens (tertiary/aromatic N) is 1. The molecule has 2 N–H and O–H groups in total. The van der Waals surface area contributed by atoms with Gasteiger partial charge in [0, 0.05) is 25.2 Å². The van der Waals surface area contributed by atoms with Crippen LogP contribution >= 0.6 is 0 Å². The van der Waals surface area contributed by atoms with E-state index in [1.807, 2.05) is 0 Å². The fraction of sp³-hybridized carbons (Fsp3) is 0.364. The number of nitrogens with one attached hydrogen (secondary N) is 1. The number of rotatable bonds is 9. The molecule has 9 nitrogen and oxygen atoms in total. The minimum atomic E-state index is -3.59. The Kier molecular flexibility index (Phi) is 7.70. The number of amides is 1. The number of hydrogen-bond donors (Lipinski definition) is 2. The quantitative estimate of drug-likeness (QED) is 0.548. The van der Waals surface area contributed by atoms with Crippen molar-refractivity contribution < 1.29 is 32.6 Å². The minimum absolute atomic E-state index is 0.0216. The van der Waals surface area contributed by atoms with E-state index < -0.39 is 28.5 Å². The monoisotopic (exact) mass is 462 g/mol. The zero-order valence-electron chi connectivity index (χ0n) is 17.7. The lowest BCUT2D eigenvalue weighted by Gasteiger charge is -2.16. The zero-order chi connectivity index (χ0) is 23.1. The van der Waals surface area contributed by atoms with Gasteiger partial charge in [0.25, 0.3) is 5.91 Å². The van der Waals surface area contributed by atoms with Crippen LogP contribution in [0.5, 0.6) is 11.5 Å². The van der Waals surface area contributed by atoms with E-state index in [9.17, 15) is 23.1 Å². The van der Waals surface area contributed by atoms with Gasteiger partial charge in [-0.15, -0.1) is 0 Å². The number of hydrogen-bond acceptors (Lipinski definition) is 7. The number of anilines is 1. The van der Waals surface area contributed by atoms with Crippen molar-refractivity contribution in [3.8, 4) is 11.5 Å². The maximum absolute atomic E-state index is 12.7. The average molecular weight is 463 g/mol. The molecule has 2 aromatic rings. The van der Waals surface area contributed by atoms with Gasteiger partial charge >= 0.3 is 5.97 Å². The first-order valence-electron chi connectivity index (χ1n) is 10.2. The van der Waals surface area contributed by atoms with Gasteiger partial charge in [0.2, 0.25) is 10.0 Å². The molecule has 3 rings (SSSR count). The van der Waals surface area contributed by atoms with Gasteiger partial charge in [-0.1, -0.05) is 12.1 Å². The van der Waals surface area contributed by atoms with Gasteiger partial charge in [-0.3, -0.25) is 9.59 Å². The highest BCUT2D eigenvalue weighted by Gasteiger charge is 2.27. The Morgan fingerprint density at radius 1 is 1.12 bits per heavy atom. The van der Waals surface area contributed by atoms with E-state index in [0.717, 1.165) is 18.4 Å². The number of phenolic OH excluding ortho intramolecular Hbond substituents is 1. The van der Waals surface area contributed by atoms with Crippen molar-refractivity contribution >= 4 is 27.6 Å². The van der Waals surface area contributed by atoms with Crippen molar-refractivity contribution in [2.45, 2.75) is 30.6 Å². The molecule has 0 saturated carbocycles. The molecular weight excluding hydrogens is 436 g/mol. The summed E-state index contributed by atoms with van der Waals surface area (Å²) < 4.78 is 36.7. The van der Waals surface area contributed by atoms with Gasteiger partial charge in [-0.2, -0.15) is 4.31 Å². The second-order valence-corrected chi connectivity index (χ2v) is 9.29. The first kappa shape index (κ1) is 23.6. The second-order valence-electron chi connectivity index (χ2n) is 7.35. The molecule has 0 aliphatic carbocycles. The lowest BCUT2D eigenvalue weighted by atomic mass is 10.1. The Morgan fingerprint density at radius 3 is 2.56 bits per heavy atom. The summed E-state index contributed by atoms with van der Waals surface area (Å²) in [6, 6.07) is 10.8. The summed E-state index contributed by atoms with van der Waals surface area (Å²) in [5, 5.41) is 12.3.